The molecule has 1 N–H and O–H groups in total. The highest BCUT2D eigenvalue weighted by atomic mass is 16.5. The predicted octanol–water partition coefficient (Wildman–Crippen LogP) is 1.42. The van der Waals surface area contributed by atoms with E-state index in [0.717, 1.165) is 45.0 Å². The molecule has 1 aromatic rings. The van der Waals surface area contributed by atoms with Gasteiger partial charge in [0.25, 0.3) is 0 Å². The Morgan fingerprint density at radius 3 is 2.69 bits per heavy atom. The number of hydrogen-bond acceptors (Lipinski definition) is 5. The number of piperidine rings is 1. The molecule has 0 aliphatic carbocycles. The summed E-state index contributed by atoms with van der Waals surface area (Å²) in [4.78, 5) is 19.2. The number of carbonyl (C=O) groups is 1. The normalized spacial score (nSPS) is 22.2. The van der Waals surface area contributed by atoms with E-state index < -0.39 is 0 Å². The molecule has 3 rings (SSSR count). The van der Waals surface area contributed by atoms with E-state index in [1.165, 1.54) is 18.5 Å². The molecule has 6 heteroatoms. The number of carbonyl (C=O) groups excluding carboxylic acids is 1. The number of hydrogen-bond donors (Lipinski definition) is 1. The minimum Gasteiger partial charge on any atom is -0.495 e. The fraction of sp³-hybridized carbons (Fsp3) is 0.650. The van der Waals surface area contributed by atoms with Gasteiger partial charge in [-0.15, -0.1) is 0 Å². The second-order valence-corrected chi connectivity index (χ2v) is 7.18. The van der Waals surface area contributed by atoms with Crippen LogP contribution in [0.15, 0.2) is 24.3 Å². The van der Waals surface area contributed by atoms with Crippen molar-refractivity contribution in [3.8, 4) is 5.75 Å². The summed E-state index contributed by atoms with van der Waals surface area (Å²) in [5.74, 6) is 1.10. The Morgan fingerprint density at radius 1 is 1.19 bits per heavy atom. The van der Waals surface area contributed by atoms with E-state index in [1.807, 2.05) is 19.1 Å². The van der Waals surface area contributed by atoms with Crippen molar-refractivity contribution in [2.45, 2.75) is 25.8 Å². The largest absolute Gasteiger partial charge is 0.495 e. The predicted molar refractivity (Wildman–Crippen MR) is 105 cm³/mol. The van der Waals surface area contributed by atoms with Gasteiger partial charge in [0, 0.05) is 45.3 Å². The fourth-order valence-electron chi connectivity index (χ4n) is 4.15. The van der Waals surface area contributed by atoms with E-state index >= 15 is 0 Å². The van der Waals surface area contributed by atoms with Gasteiger partial charge in [-0.05, 0) is 38.4 Å². The molecular formula is C20H32N4O2. The average molecular weight is 361 g/mol. The van der Waals surface area contributed by atoms with E-state index in [1.54, 1.807) is 7.11 Å². The Balaban J connectivity index is 1.52. The highest BCUT2D eigenvalue weighted by Crippen LogP contribution is 2.29. The Kier molecular flexibility index (Phi) is 6.74. The van der Waals surface area contributed by atoms with Crippen LogP contribution in [0.5, 0.6) is 5.75 Å². The maximum Gasteiger partial charge on any atom is 0.234 e. The van der Waals surface area contributed by atoms with Crippen LogP contribution < -0.4 is 15.0 Å². The molecule has 0 bridgehead atoms. The first-order valence-electron chi connectivity index (χ1n) is 9.82. The van der Waals surface area contributed by atoms with Crippen molar-refractivity contribution >= 4 is 11.6 Å². The van der Waals surface area contributed by atoms with Crippen molar-refractivity contribution in [3.63, 3.8) is 0 Å². The first kappa shape index (κ1) is 19.0. The maximum atomic E-state index is 11.9. The number of ether oxygens (including phenoxy) is 1. The molecule has 0 radical (unpaired) electrons. The van der Waals surface area contributed by atoms with Crippen LogP contribution in [0.2, 0.25) is 0 Å². The zero-order valence-corrected chi connectivity index (χ0v) is 16.1. The number of benzene rings is 1. The number of nitrogens with one attached hydrogen (secondary N) is 1. The summed E-state index contributed by atoms with van der Waals surface area (Å²) >= 11 is 0. The summed E-state index contributed by atoms with van der Waals surface area (Å²) in [6.07, 6.45) is 2.41. The van der Waals surface area contributed by atoms with Crippen LogP contribution in [0.3, 0.4) is 0 Å². The number of amides is 1. The monoisotopic (exact) mass is 360 g/mol. The molecule has 1 aromatic carbocycles. The van der Waals surface area contributed by atoms with Crippen molar-refractivity contribution in [2.24, 2.45) is 0 Å². The maximum absolute atomic E-state index is 11.9. The summed E-state index contributed by atoms with van der Waals surface area (Å²) in [5.41, 5.74) is 1.19. The molecule has 0 spiro atoms. The summed E-state index contributed by atoms with van der Waals surface area (Å²) in [6.45, 7) is 9.43. The number of piperazine rings is 1. The molecule has 1 amide bonds. The van der Waals surface area contributed by atoms with Gasteiger partial charge in [-0.1, -0.05) is 12.1 Å². The molecule has 6 nitrogen and oxygen atoms in total. The second-order valence-electron chi connectivity index (χ2n) is 7.18. The van der Waals surface area contributed by atoms with Crippen molar-refractivity contribution < 1.29 is 9.53 Å². The number of rotatable bonds is 6. The van der Waals surface area contributed by atoms with Crippen LogP contribution >= 0.6 is 0 Å². The van der Waals surface area contributed by atoms with Crippen molar-refractivity contribution in [2.75, 3.05) is 64.4 Å². The number of methoxy groups -OCH3 is 1. The lowest BCUT2D eigenvalue weighted by Gasteiger charge is -2.44. The molecular weight excluding hydrogens is 328 g/mol. The molecule has 0 saturated carbocycles. The van der Waals surface area contributed by atoms with Crippen LogP contribution in [0.1, 0.15) is 19.8 Å². The quantitative estimate of drug-likeness (QED) is 0.831. The van der Waals surface area contributed by atoms with Crippen molar-refractivity contribution in [3.05, 3.63) is 24.3 Å². The molecule has 2 aliphatic rings. The summed E-state index contributed by atoms with van der Waals surface area (Å²) in [7, 11) is 1.74. The average Bonchev–Trinajstić information content (AvgIpc) is 2.68. The van der Waals surface area contributed by atoms with Crippen molar-refractivity contribution in [1.29, 1.82) is 0 Å². The summed E-state index contributed by atoms with van der Waals surface area (Å²) < 4.78 is 5.51. The zero-order chi connectivity index (χ0) is 18.4. The minimum atomic E-state index is 0.147. The fourth-order valence-corrected chi connectivity index (χ4v) is 4.15. The van der Waals surface area contributed by atoms with Gasteiger partial charge in [0.15, 0.2) is 0 Å². The van der Waals surface area contributed by atoms with Crippen LogP contribution in [-0.4, -0.2) is 81.2 Å². The lowest BCUT2D eigenvalue weighted by atomic mass is 10.0. The molecule has 1 atom stereocenters. The van der Waals surface area contributed by atoms with E-state index in [9.17, 15) is 4.79 Å². The number of anilines is 1. The first-order valence-corrected chi connectivity index (χ1v) is 9.82. The van der Waals surface area contributed by atoms with Gasteiger partial charge in [0.2, 0.25) is 5.91 Å². The Hall–Kier alpha value is -1.79. The van der Waals surface area contributed by atoms with Crippen molar-refractivity contribution in [1.82, 2.24) is 15.1 Å². The summed E-state index contributed by atoms with van der Waals surface area (Å²) in [6, 6.07) is 8.83. The number of likely N-dealkylation sites (tertiary alicyclic amines) is 1. The summed E-state index contributed by atoms with van der Waals surface area (Å²) in [5, 5.41) is 2.91. The third-order valence-corrected chi connectivity index (χ3v) is 5.48. The number of para-hydroxylation sites is 2. The van der Waals surface area contributed by atoms with E-state index in [4.69, 9.17) is 4.74 Å². The number of likely N-dealkylation sites (N-methyl/N-ethyl adjacent to an activating group) is 1. The van der Waals surface area contributed by atoms with Gasteiger partial charge in [0.1, 0.15) is 5.75 Å². The molecule has 0 unspecified atom stereocenters. The second kappa shape index (κ2) is 9.24. The Morgan fingerprint density at radius 2 is 1.96 bits per heavy atom. The van der Waals surface area contributed by atoms with Gasteiger partial charge in [0.05, 0.1) is 19.3 Å². The van der Waals surface area contributed by atoms with E-state index in [-0.39, 0.29) is 5.91 Å². The highest BCUT2D eigenvalue weighted by molar-refractivity contribution is 5.77. The lowest BCUT2D eigenvalue weighted by Crippen LogP contribution is -2.56. The molecule has 2 heterocycles. The lowest BCUT2D eigenvalue weighted by molar-refractivity contribution is -0.122. The smallest absolute Gasteiger partial charge is 0.234 e. The molecule has 2 aliphatic heterocycles. The highest BCUT2D eigenvalue weighted by Gasteiger charge is 2.29. The SMILES string of the molecule is CCNC(=O)CN1CCC[C@@H](N2CCN(c3ccccc3OC)CC2)C1. The van der Waals surface area contributed by atoms with Gasteiger partial charge in [-0.25, -0.2) is 0 Å². The molecule has 0 aromatic heterocycles. The molecule has 144 valence electrons. The van der Waals surface area contributed by atoms with E-state index in [0.29, 0.717) is 19.1 Å². The number of nitrogens with zero attached hydrogens (tertiary/aromatic N) is 3. The third-order valence-electron chi connectivity index (χ3n) is 5.48. The Labute approximate surface area is 157 Å². The third kappa shape index (κ3) is 4.68. The van der Waals surface area contributed by atoms with E-state index in [2.05, 4.69) is 32.1 Å². The zero-order valence-electron chi connectivity index (χ0n) is 16.1. The topological polar surface area (TPSA) is 48.1 Å². The van der Waals surface area contributed by atoms with Crippen LogP contribution in [0.25, 0.3) is 0 Å². The van der Waals surface area contributed by atoms with Crippen LogP contribution in [0.4, 0.5) is 5.69 Å². The molecule has 2 saturated heterocycles. The van der Waals surface area contributed by atoms with Gasteiger partial charge < -0.3 is 15.0 Å². The van der Waals surface area contributed by atoms with Gasteiger partial charge >= 0.3 is 0 Å². The van der Waals surface area contributed by atoms with Crippen LogP contribution in [0, 0.1) is 0 Å². The molecule has 2 fully saturated rings. The minimum absolute atomic E-state index is 0.147. The molecule has 26 heavy (non-hydrogen) atoms. The van der Waals surface area contributed by atoms with Crippen LogP contribution in [-0.2, 0) is 4.79 Å². The Bertz CT molecular complexity index is 587. The van der Waals surface area contributed by atoms with Gasteiger partial charge in [-0.2, -0.15) is 0 Å². The standard InChI is InChI=1S/C20H32N4O2/c1-3-21-20(25)16-22-10-6-7-17(15-22)23-11-13-24(14-12-23)18-8-4-5-9-19(18)26-2/h4-5,8-9,17H,3,6-7,10-16H2,1-2H3,(H,21,25)/t17-/m1/s1. The van der Waals surface area contributed by atoms with Gasteiger partial charge in [-0.3, -0.25) is 14.6 Å². The first-order chi connectivity index (χ1) is 12.7.